The zero-order chi connectivity index (χ0) is 18.1. The molecule has 1 N–H and O–H groups in total. The van der Waals surface area contributed by atoms with E-state index in [2.05, 4.69) is 15.4 Å². The molecule has 0 saturated carbocycles. The average Bonchev–Trinajstić information content (AvgIpc) is 2.88. The van der Waals surface area contributed by atoms with E-state index in [4.69, 9.17) is 0 Å². The van der Waals surface area contributed by atoms with Crippen LogP contribution in [0.5, 0.6) is 0 Å². The number of amides is 2. The maximum atomic E-state index is 12.2. The number of aromatic nitrogens is 3. The predicted octanol–water partition coefficient (Wildman–Crippen LogP) is -0.0506. The molecule has 10 heteroatoms. The SMILES string of the molecule is CN(CC(C)(C)S(C)(=O)=O)C(=O)C(=O)Nc1cnn2cccnc12. The van der Waals surface area contributed by atoms with E-state index in [1.807, 2.05) is 0 Å². The highest BCUT2D eigenvalue weighted by atomic mass is 32.2. The summed E-state index contributed by atoms with van der Waals surface area (Å²) in [6.07, 6.45) is 5.67. The number of fused-ring (bicyclic) bond motifs is 1. The summed E-state index contributed by atoms with van der Waals surface area (Å²) in [5.41, 5.74) is 0.697. The van der Waals surface area contributed by atoms with Gasteiger partial charge in [0.05, 0.1) is 10.9 Å². The third-order valence-corrected chi connectivity index (χ3v) is 5.83. The molecule has 2 amide bonds. The summed E-state index contributed by atoms with van der Waals surface area (Å²) in [5, 5.41) is 6.45. The summed E-state index contributed by atoms with van der Waals surface area (Å²) >= 11 is 0. The lowest BCUT2D eigenvalue weighted by atomic mass is 10.2. The third-order valence-electron chi connectivity index (χ3n) is 3.69. The number of anilines is 1. The molecule has 2 rings (SSSR count). The van der Waals surface area contributed by atoms with Crippen molar-refractivity contribution in [3.8, 4) is 0 Å². The van der Waals surface area contributed by atoms with Crippen molar-refractivity contribution >= 4 is 33.0 Å². The van der Waals surface area contributed by atoms with Crippen molar-refractivity contribution in [2.24, 2.45) is 0 Å². The Kier molecular flexibility index (Phi) is 4.61. The first-order chi connectivity index (χ1) is 11.0. The maximum absolute atomic E-state index is 12.2. The van der Waals surface area contributed by atoms with Crippen molar-refractivity contribution < 1.29 is 18.0 Å². The van der Waals surface area contributed by atoms with Gasteiger partial charge in [0.1, 0.15) is 5.69 Å². The third kappa shape index (κ3) is 3.53. The van der Waals surface area contributed by atoms with Gasteiger partial charge in [-0.3, -0.25) is 9.59 Å². The Hall–Kier alpha value is -2.49. The Labute approximate surface area is 139 Å². The second-order valence-corrected chi connectivity index (χ2v) is 8.74. The van der Waals surface area contributed by atoms with E-state index in [0.29, 0.717) is 11.3 Å². The number of carbonyl (C=O) groups excluding carboxylic acids is 2. The molecule has 0 spiro atoms. The largest absolute Gasteiger partial charge is 0.336 e. The fourth-order valence-electron chi connectivity index (χ4n) is 2.02. The first kappa shape index (κ1) is 17.9. The van der Waals surface area contributed by atoms with Crippen LogP contribution in [0.1, 0.15) is 13.8 Å². The molecular weight excluding hydrogens is 334 g/mol. The van der Waals surface area contributed by atoms with Gasteiger partial charge in [0.2, 0.25) is 0 Å². The van der Waals surface area contributed by atoms with Crippen LogP contribution in [0.3, 0.4) is 0 Å². The second kappa shape index (κ2) is 6.19. The Bertz CT molecular complexity index is 887. The molecule has 2 heterocycles. The Morgan fingerprint density at radius 1 is 1.38 bits per heavy atom. The van der Waals surface area contributed by atoms with E-state index in [1.165, 1.54) is 37.8 Å². The van der Waals surface area contributed by atoms with Crippen LogP contribution in [0.15, 0.2) is 24.7 Å². The normalized spacial score (nSPS) is 12.2. The summed E-state index contributed by atoms with van der Waals surface area (Å²) in [6.45, 7) is 2.89. The summed E-state index contributed by atoms with van der Waals surface area (Å²) < 4.78 is 23.7. The van der Waals surface area contributed by atoms with Crippen molar-refractivity contribution in [1.29, 1.82) is 0 Å². The number of likely N-dealkylation sites (N-methyl/N-ethyl adjacent to an activating group) is 1. The molecule has 0 aliphatic rings. The summed E-state index contributed by atoms with van der Waals surface area (Å²) in [7, 11) is -2.01. The van der Waals surface area contributed by atoms with Gasteiger partial charge >= 0.3 is 11.8 Å². The molecule has 0 aliphatic carbocycles. The first-order valence-corrected chi connectivity index (χ1v) is 8.96. The van der Waals surface area contributed by atoms with Gasteiger partial charge in [0, 0.05) is 32.2 Å². The number of nitrogens with zero attached hydrogens (tertiary/aromatic N) is 4. The highest BCUT2D eigenvalue weighted by Gasteiger charge is 2.34. The molecule has 0 unspecified atom stereocenters. The van der Waals surface area contributed by atoms with Crippen molar-refractivity contribution in [3.05, 3.63) is 24.7 Å². The fourth-order valence-corrected chi connectivity index (χ4v) is 2.45. The van der Waals surface area contributed by atoms with E-state index in [0.717, 1.165) is 11.2 Å². The molecule has 130 valence electrons. The van der Waals surface area contributed by atoms with Crippen LogP contribution in [-0.4, -0.2) is 64.3 Å². The van der Waals surface area contributed by atoms with Crippen LogP contribution < -0.4 is 5.32 Å². The minimum Gasteiger partial charge on any atom is -0.336 e. The van der Waals surface area contributed by atoms with Crippen LogP contribution in [0, 0.1) is 0 Å². The molecule has 2 aromatic rings. The number of hydrogen-bond acceptors (Lipinski definition) is 6. The zero-order valence-corrected chi connectivity index (χ0v) is 14.7. The molecule has 0 fully saturated rings. The summed E-state index contributed by atoms with van der Waals surface area (Å²) in [6, 6.07) is 1.68. The highest BCUT2D eigenvalue weighted by Crippen LogP contribution is 2.17. The van der Waals surface area contributed by atoms with Crippen molar-refractivity contribution in [3.63, 3.8) is 0 Å². The van der Waals surface area contributed by atoms with Gasteiger partial charge in [-0.2, -0.15) is 5.10 Å². The molecule has 0 aliphatic heterocycles. The van der Waals surface area contributed by atoms with Gasteiger partial charge in [0.25, 0.3) is 0 Å². The predicted molar refractivity (Wildman–Crippen MR) is 88.2 cm³/mol. The number of sulfone groups is 1. The van der Waals surface area contributed by atoms with Crippen LogP contribution in [0.2, 0.25) is 0 Å². The lowest BCUT2D eigenvalue weighted by Gasteiger charge is -2.28. The van der Waals surface area contributed by atoms with Crippen molar-refractivity contribution in [2.45, 2.75) is 18.6 Å². The van der Waals surface area contributed by atoms with E-state index >= 15 is 0 Å². The molecule has 24 heavy (non-hydrogen) atoms. The number of rotatable bonds is 4. The van der Waals surface area contributed by atoms with Gasteiger partial charge in [0.15, 0.2) is 15.5 Å². The average molecular weight is 353 g/mol. The van der Waals surface area contributed by atoms with E-state index in [9.17, 15) is 18.0 Å². The molecule has 0 saturated heterocycles. The van der Waals surface area contributed by atoms with Crippen LogP contribution in [-0.2, 0) is 19.4 Å². The molecule has 2 aromatic heterocycles. The van der Waals surface area contributed by atoms with Crippen molar-refractivity contribution in [1.82, 2.24) is 19.5 Å². The maximum Gasteiger partial charge on any atom is 0.314 e. The Morgan fingerprint density at radius 3 is 2.67 bits per heavy atom. The monoisotopic (exact) mass is 353 g/mol. The van der Waals surface area contributed by atoms with E-state index in [-0.39, 0.29) is 6.54 Å². The second-order valence-electron chi connectivity index (χ2n) is 6.09. The summed E-state index contributed by atoms with van der Waals surface area (Å²) in [5.74, 6) is -1.73. The lowest BCUT2D eigenvalue weighted by Crippen LogP contribution is -2.47. The minimum absolute atomic E-state index is 0.106. The Morgan fingerprint density at radius 2 is 2.04 bits per heavy atom. The molecule has 0 bridgehead atoms. The quantitative estimate of drug-likeness (QED) is 0.771. The van der Waals surface area contributed by atoms with Gasteiger partial charge in [-0.05, 0) is 19.9 Å². The van der Waals surface area contributed by atoms with Crippen molar-refractivity contribution in [2.75, 3.05) is 25.2 Å². The van der Waals surface area contributed by atoms with Gasteiger partial charge in [-0.25, -0.2) is 17.9 Å². The smallest absolute Gasteiger partial charge is 0.314 e. The van der Waals surface area contributed by atoms with Gasteiger partial charge < -0.3 is 10.2 Å². The number of nitrogens with one attached hydrogen (secondary N) is 1. The van der Waals surface area contributed by atoms with E-state index in [1.54, 1.807) is 12.3 Å². The molecule has 0 radical (unpaired) electrons. The highest BCUT2D eigenvalue weighted by molar-refractivity contribution is 7.92. The number of hydrogen-bond donors (Lipinski definition) is 1. The van der Waals surface area contributed by atoms with Gasteiger partial charge in [-0.1, -0.05) is 0 Å². The molecule has 0 atom stereocenters. The standard InChI is InChI=1S/C14H19N5O4S/c1-14(2,24(4,22)23)9-18(3)13(21)12(20)17-10-8-16-19-7-5-6-15-11(10)19/h5-8H,9H2,1-4H3,(H,17,20). The molecule has 0 aromatic carbocycles. The first-order valence-electron chi connectivity index (χ1n) is 7.07. The van der Waals surface area contributed by atoms with E-state index < -0.39 is 26.4 Å². The zero-order valence-electron chi connectivity index (χ0n) is 13.8. The lowest BCUT2D eigenvalue weighted by molar-refractivity contribution is -0.142. The van der Waals surface area contributed by atoms with Crippen LogP contribution in [0.25, 0.3) is 5.65 Å². The number of carbonyl (C=O) groups is 2. The Balaban J connectivity index is 2.11. The fraction of sp³-hybridized carbons (Fsp3) is 0.429. The van der Waals surface area contributed by atoms with Crippen LogP contribution >= 0.6 is 0 Å². The molecular formula is C14H19N5O4S. The summed E-state index contributed by atoms with van der Waals surface area (Å²) in [4.78, 5) is 29.4. The van der Waals surface area contributed by atoms with Gasteiger partial charge in [-0.15, -0.1) is 0 Å². The minimum atomic E-state index is -3.38. The molecule has 9 nitrogen and oxygen atoms in total. The topological polar surface area (TPSA) is 114 Å². The van der Waals surface area contributed by atoms with Crippen LogP contribution in [0.4, 0.5) is 5.69 Å².